The lowest BCUT2D eigenvalue weighted by Crippen LogP contribution is -2.26. The molecule has 14 heavy (non-hydrogen) atoms. The molecule has 0 radical (unpaired) electrons. The molecule has 0 aromatic carbocycles. The van der Waals surface area contributed by atoms with E-state index in [2.05, 4.69) is 17.2 Å². The second-order valence-electron chi connectivity index (χ2n) is 3.90. The van der Waals surface area contributed by atoms with Crippen LogP contribution in [-0.4, -0.2) is 36.7 Å². The Labute approximate surface area is 89.7 Å². The lowest BCUT2D eigenvalue weighted by Gasteiger charge is -2.10. The monoisotopic (exact) mass is 214 g/mol. The minimum atomic E-state index is 0.693. The van der Waals surface area contributed by atoms with E-state index < -0.39 is 0 Å². The maximum absolute atomic E-state index is 5.33. The summed E-state index contributed by atoms with van der Waals surface area (Å²) in [6, 6.07) is 0. The Kier molecular flexibility index (Phi) is 3.70. The first kappa shape index (κ1) is 10.3. The Bertz CT molecular complexity index is 214. The third-order valence-corrected chi connectivity index (χ3v) is 4.05. The molecule has 80 valence electrons. The smallest absolute Gasteiger partial charge is 0.156 e. The highest BCUT2D eigenvalue weighted by molar-refractivity contribution is 8.14. The van der Waals surface area contributed by atoms with Crippen LogP contribution < -0.4 is 5.32 Å². The first-order valence-corrected chi connectivity index (χ1v) is 6.29. The average Bonchev–Trinajstić information content (AvgIpc) is 2.86. The quantitative estimate of drug-likeness (QED) is 0.773. The van der Waals surface area contributed by atoms with Crippen LogP contribution in [0.3, 0.4) is 0 Å². The van der Waals surface area contributed by atoms with Crippen molar-refractivity contribution in [2.24, 2.45) is 10.9 Å². The molecule has 1 N–H and O–H groups in total. The molecule has 2 aliphatic rings. The number of hydrogen-bond acceptors (Lipinski definition) is 4. The summed E-state index contributed by atoms with van der Waals surface area (Å²) in [4.78, 5) is 4.48. The number of amidine groups is 1. The van der Waals surface area contributed by atoms with Gasteiger partial charge in [-0.2, -0.15) is 0 Å². The minimum absolute atomic E-state index is 0.693. The molecule has 0 amide bonds. The van der Waals surface area contributed by atoms with E-state index in [1.54, 1.807) is 0 Å². The van der Waals surface area contributed by atoms with Gasteiger partial charge in [-0.15, -0.1) is 0 Å². The first-order valence-electron chi connectivity index (χ1n) is 5.41. The van der Waals surface area contributed by atoms with Crippen LogP contribution in [0.2, 0.25) is 0 Å². The van der Waals surface area contributed by atoms with Crippen LogP contribution in [0.15, 0.2) is 4.99 Å². The van der Waals surface area contributed by atoms with E-state index >= 15 is 0 Å². The maximum atomic E-state index is 5.33. The fourth-order valence-electron chi connectivity index (χ4n) is 1.70. The fraction of sp³-hybridized carbons (Fsp3) is 0.900. The molecule has 2 heterocycles. The summed E-state index contributed by atoms with van der Waals surface area (Å²) in [5.74, 6) is 0.693. The van der Waals surface area contributed by atoms with Gasteiger partial charge in [0.25, 0.3) is 0 Å². The predicted molar refractivity (Wildman–Crippen MR) is 60.9 cm³/mol. The summed E-state index contributed by atoms with van der Waals surface area (Å²) < 4.78 is 5.33. The summed E-state index contributed by atoms with van der Waals surface area (Å²) >= 11 is 1.89. The molecular weight excluding hydrogens is 196 g/mol. The van der Waals surface area contributed by atoms with Gasteiger partial charge in [-0.25, -0.2) is 0 Å². The van der Waals surface area contributed by atoms with Crippen molar-refractivity contribution >= 4 is 16.9 Å². The molecule has 0 bridgehead atoms. The van der Waals surface area contributed by atoms with Crippen molar-refractivity contribution in [2.45, 2.75) is 25.0 Å². The standard InChI is InChI=1S/C10H18N2OS/c1-2-9-6-12-10(14-9)11-5-8-3-4-13-7-8/h8-9H,2-7H2,1H3,(H,11,12). The highest BCUT2D eigenvalue weighted by Crippen LogP contribution is 2.22. The molecule has 0 aromatic rings. The highest BCUT2D eigenvalue weighted by Gasteiger charge is 2.20. The molecule has 2 atom stereocenters. The number of nitrogens with zero attached hydrogens (tertiary/aromatic N) is 1. The number of aliphatic imine (C=N–C) groups is 1. The van der Waals surface area contributed by atoms with Gasteiger partial charge in [0.2, 0.25) is 0 Å². The van der Waals surface area contributed by atoms with Crippen molar-refractivity contribution in [3.8, 4) is 0 Å². The van der Waals surface area contributed by atoms with E-state index in [0.29, 0.717) is 11.2 Å². The molecule has 3 nitrogen and oxygen atoms in total. The summed E-state index contributed by atoms with van der Waals surface area (Å²) in [6.07, 6.45) is 2.41. The molecule has 0 aromatic heterocycles. The maximum Gasteiger partial charge on any atom is 0.156 e. The zero-order valence-electron chi connectivity index (χ0n) is 8.66. The Hall–Kier alpha value is -0.220. The number of thioether (sulfide) groups is 1. The van der Waals surface area contributed by atoms with Gasteiger partial charge in [-0.05, 0) is 12.8 Å². The number of hydrogen-bond donors (Lipinski definition) is 1. The Morgan fingerprint density at radius 2 is 2.57 bits per heavy atom. The third-order valence-electron chi connectivity index (χ3n) is 2.74. The highest BCUT2D eigenvalue weighted by atomic mass is 32.2. The SMILES string of the molecule is CCC1CN=C(NCC2CCOC2)S1. The molecule has 1 fully saturated rings. The average molecular weight is 214 g/mol. The van der Waals surface area contributed by atoms with Crippen LogP contribution in [0.25, 0.3) is 0 Å². The van der Waals surface area contributed by atoms with Crippen molar-refractivity contribution in [1.29, 1.82) is 0 Å². The van der Waals surface area contributed by atoms with E-state index in [-0.39, 0.29) is 0 Å². The van der Waals surface area contributed by atoms with Crippen LogP contribution in [0.5, 0.6) is 0 Å². The lowest BCUT2D eigenvalue weighted by atomic mass is 10.1. The van der Waals surface area contributed by atoms with E-state index in [1.165, 1.54) is 12.8 Å². The van der Waals surface area contributed by atoms with Gasteiger partial charge in [-0.1, -0.05) is 18.7 Å². The Morgan fingerprint density at radius 1 is 1.64 bits per heavy atom. The van der Waals surface area contributed by atoms with Crippen molar-refractivity contribution in [3.05, 3.63) is 0 Å². The van der Waals surface area contributed by atoms with E-state index in [9.17, 15) is 0 Å². The molecule has 2 aliphatic heterocycles. The van der Waals surface area contributed by atoms with Gasteiger partial charge in [-0.3, -0.25) is 4.99 Å². The van der Waals surface area contributed by atoms with E-state index in [1.807, 2.05) is 11.8 Å². The molecule has 0 spiro atoms. The van der Waals surface area contributed by atoms with Crippen molar-refractivity contribution in [2.75, 3.05) is 26.3 Å². The van der Waals surface area contributed by atoms with Crippen LogP contribution >= 0.6 is 11.8 Å². The number of ether oxygens (including phenoxy) is 1. The van der Waals surface area contributed by atoms with Crippen LogP contribution in [0, 0.1) is 5.92 Å². The van der Waals surface area contributed by atoms with Gasteiger partial charge in [0.1, 0.15) is 0 Å². The fourth-order valence-corrected chi connectivity index (χ4v) is 2.65. The molecule has 2 rings (SSSR count). The van der Waals surface area contributed by atoms with Crippen LogP contribution in [0.1, 0.15) is 19.8 Å². The van der Waals surface area contributed by atoms with Crippen molar-refractivity contribution in [1.82, 2.24) is 5.32 Å². The van der Waals surface area contributed by atoms with E-state index in [4.69, 9.17) is 4.74 Å². The van der Waals surface area contributed by atoms with Crippen molar-refractivity contribution in [3.63, 3.8) is 0 Å². The molecule has 0 saturated carbocycles. The van der Waals surface area contributed by atoms with Gasteiger partial charge in [0, 0.05) is 24.3 Å². The first-order chi connectivity index (χ1) is 6.88. The van der Waals surface area contributed by atoms with E-state index in [0.717, 1.165) is 31.5 Å². The zero-order valence-corrected chi connectivity index (χ0v) is 9.48. The second kappa shape index (κ2) is 5.03. The van der Waals surface area contributed by atoms with Crippen LogP contribution in [0.4, 0.5) is 0 Å². The molecule has 0 aliphatic carbocycles. The topological polar surface area (TPSA) is 33.6 Å². The summed E-state index contributed by atoms with van der Waals surface area (Å²) in [5, 5.41) is 5.27. The summed E-state index contributed by atoms with van der Waals surface area (Å²) in [5.41, 5.74) is 0. The molecule has 1 saturated heterocycles. The molecule has 4 heteroatoms. The predicted octanol–water partition coefficient (Wildman–Crippen LogP) is 1.49. The third kappa shape index (κ3) is 2.64. The molecule has 2 unspecified atom stereocenters. The van der Waals surface area contributed by atoms with Gasteiger partial charge < -0.3 is 10.1 Å². The second-order valence-corrected chi connectivity index (χ2v) is 5.19. The summed E-state index contributed by atoms with van der Waals surface area (Å²) in [6.45, 7) is 6.10. The normalized spacial score (nSPS) is 31.9. The Morgan fingerprint density at radius 3 is 3.21 bits per heavy atom. The van der Waals surface area contributed by atoms with Crippen molar-refractivity contribution < 1.29 is 4.74 Å². The van der Waals surface area contributed by atoms with Crippen LogP contribution in [-0.2, 0) is 4.74 Å². The number of nitrogens with one attached hydrogen (secondary N) is 1. The number of rotatable bonds is 3. The molecular formula is C10H18N2OS. The van der Waals surface area contributed by atoms with Gasteiger partial charge in [0.05, 0.1) is 13.2 Å². The largest absolute Gasteiger partial charge is 0.381 e. The van der Waals surface area contributed by atoms with Gasteiger partial charge in [0.15, 0.2) is 5.17 Å². The lowest BCUT2D eigenvalue weighted by molar-refractivity contribution is 0.186. The minimum Gasteiger partial charge on any atom is -0.381 e. The zero-order chi connectivity index (χ0) is 9.80. The summed E-state index contributed by atoms with van der Waals surface area (Å²) in [7, 11) is 0. The van der Waals surface area contributed by atoms with Gasteiger partial charge >= 0.3 is 0 Å². The Balaban J connectivity index is 1.66.